The van der Waals surface area contributed by atoms with Crippen molar-refractivity contribution in [2.24, 2.45) is 17.6 Å². The highest BCUT2D eigenvalue weighted by molar-refractivity contribution is 5.87. The summed E-state index contributed by atoms with van der Waals surface area (Å²) in [6.07, 6.45) is 2.40. The van der Waals surface area contributed by atoms with Crippen LogP contribution >= 0.6 is 12.4 Å². The number of piperidine rings is 1. The fourth-order valence-electron chi connectivity index (χ4n) is 3.06. The Labute approximate surface area is 160 Å². The lowest BCUT2D eigenvalue weighted by molar-refractivity contribution is -0.134. The molecule has 5 nitrogen and oxygen atoms in total. The summed E-state index contributed by atoms with van der Waals surface area (Å²) in [6.45, 7) is 5.00. The zero-order chi connectivity index (χ0) is 18.4. The molecule has 0 bridgehead atoms. The standard InChI is InChI=1S/C19H28FN3O2.ClH/c1-13(2)18(21)19(25)22-12-17(24)23-9-7-14(8-10-23)11-15-5-3-4-6-16(15)20;/h3-6,13-14,18H,7-12,21H2,1-2H3,(H,22,25);1H/t18-;/m0./s1. The van der Waals surface area contributed by atoms with Crippen LogP contribution < -0.4 is 11.1 Å². The van der Waals surface area contributed by atoms with Gasteiger partial charge in [-0.2, -0.15) is 0 Å². The second kappa shape index (κ2) is 10.5. The predicted molar refractivity (Wildman–Crippen MR) is 102 cm³/mol. The van der Waals surface area contributed by atoms with Crippen molar-refractivity contribution in [1.82, 2.24) is 10.2 Å². The van der Waals surface area contributed by atoms with Gasteiger partial charge in [0, 0.05) is 13.1 Å². The molecule has 1 aromatic rings. The van der Waals surface area contributed by atoms with E-state index in [0.717, 1.165) is 18.4 Å². The van der Waals surface area contributed by atoms with Gasteiger partial charge in [0.2, 0.25) is 11.8 Å². The second-order valence-electron chi connectivity index (χ2n) is 7.11. The average molecular weight is 386 g/mol. The van der Waals surface area contributed by atoms with E-state index < -0.39 is 6.04 Å². The summed E-state index contributed by atoms with van der Waals surface area (Å²) in [6, 6.07) is 6.25. The maximum absolute atomic E-state index is 13.7. The van der Waals surface area contributed by atoms with Crippen molar-refractivity contribution in [3.05, 3.63) is 35.6 Å². The van der Waals surface area contributed by atoms with Crippen molar-refractivity contribution in [2.45, 2.75) is 39.2 Å². The lowest BCUT2D eigenvalue weighted by Gasteiger charge is -2.32. The third kappa shape index (κ3) is 6.25. The number of carbonyl (C=O) groups excluding carboxylic acids is 2. The maximum Gasteiger partial charge on any atom is 0.241 e. The number of carbonyl (C=O) groups is 2. The number of benzene rings is 1. The lowest BCUT2D eigenvalue weighted by atomic mass is 9.90. The van der Waals surface area contributed by atoms with Crippen LogP contribution in [0.5, 0.6) is 0 Å². The van der Waals surface area contributed by atoms with Crippen molar-refractivity contribution in [3.63, 3.8) is 0 Å². The van der Waals surface area contributed by atoms with Crippen molar-refractivity contribution in [2.75, 3.05) is 19.6 Å². The van der Waals surface area contributed by atoms with Crippen LogP contribution in [0.1, 0.15) is 32.3 Å². The van der Waals surface area contributed by atoms with Gasteiger partial charge >= 0.3 is 0 Å². The van der Waals surface area contributed by atoms with Gasteiger partial charge in [0.1, 0.15) is 5.82 Å². The Hall–Kier alpha value is -1.66. The number of amides is 2. The minimum atomic E-state index is -0.598. The number of nitrogens with two attached hydrogens (primary N) is 1. The highest BCUT2D eigenvalue weighted by Gasteiger charge is 2.24. The third-order valence-electron chi connectivity index (χ3n) is 4.87. The molecule has 1 aromatic carbocycles. The van der Waals surface area contributed by atoms with Crippen molar-refractivity contribution >= 4 is 24.2 Å². The van der Waals surface area contributed by atoms with E-state index in [2.05, 4.69) is 5.32 Å². The summed E-state index contributed by atoms with van der Waals surface area (Å²) in [5.74, 6) is -0.134. The Kier molecular flexibility index (Phi) is 9.02. The van der Waals surface area contributed by atoms with Gasteiger partial charge < -0.3 is 16.0 Å². The van der Waals surface area contributed by atoms with Gasteiger partial charge in [-0.3, -0.25) is 9.59 Å². The Balaban J connectivity index is 0.00000338. The van der Waals surface area contributed by atoms with Gasteiger partial charge in [-0.05, 0) is 42.7 Å². The largest absolute Gasteiger partial charge is 0.346 e. The van der Waals surface area contributed by atoms with E-state index in [0.29, 0.717) is 25.4 Å². The molecule has 26 heavy (non-hydrogen) atoms. The van der Waals surface area contributed by atoms with E-state index in [-0.39, 0.29) is 42.5 Å². The minimum absolute atomic E-state index is 0. The number of halogens is 2. The Morgan fingerprint density at radius 1 is 1.27 bits per heavy atom. The van der Waals surface area contributed by atoms with Crippen LogP contribution in [-0.4, -0.2) is 42.4 Å². The van der Waals surface area contributed by atoms with Crippen molar-refractivity contribution in [1.29, 1.82) is 0 Å². The zero-order valence-electron chi connectivity index (χ0n) is 15.4. The first-order valence-corrected chi connectivity index (χ1v) is 8.93. The molecule has 0 saturated carbocycles. The SMILES string of the molecule is CC(C)[C@H](N)C(=O)NCC(=O)N1CCC(Cc2ccccc2F)CC1.Cl. The monoisotopic (exact) mass is 385 g/mol. The zero-order valence-corrected chi connectivity index (χ0v) is 16.2. The molecule has 2 amide bonds. The van der Waals surface area contributed by atoms with Gasteiger partial charge in [0.15, 0.2) is 0 Å². The molecule has 1 heterocycles. The number of hydrogen-bond acceptors (Lipinski definition) is 3. The number of hydrogen-bond donors (Lipinski definition) is 2. The molecule has 0 spiro atoms. The summed E-state index contributed by atoms with van der Waals surface area (Å²) in [5.41, 5.74) is 6.50. The van der Waals surface area contributed by atoms with E-state index in [4.69, 9.17) is 5.73 Å². The van der Waals surface area contributed by atoms with E-state index in [9.17, 15) is 14.0 Å². The van der Waals surface area contributed by atoms with E-state index in [1.807, 2.05) is 26.0 Å². The maximum atomic E-state index is 13.7. The van der Waals surface area contributed by atoms with Crippen LogP contribution in [0.2, 0.25) is 0 Å². The van der Waals surface area contributed by atoms with Crippen LogP contribution in [0.4, 0.5) is 4.39 Å². The molecule has 0 unspecified atom stereocenters. The van der Waals surface area contributed by atoms with Crippen LogP contribution in [-0.2, 0) is 16.0 Å². The molecule has 0 radical (unpaired) electrons. The van der Waals surface area contributed by atoms with Crippen molar-refractivity contribution < 1.29 is 14.0 Å². The molecule has 1 aliphatic heterocycles. The molecular weight excluding hydrogens is 357 g/mol. The first-order valence-electron chi connectivity index (χ1n) is 8.93. The van der Waals surface area contributed by atoms with Crippen LogP contribution in [0, 0.1) is 17.7 Å². The Bertz CT molecular complexity index is 604. The van der Waals surface area contributed by atoms with Crippen LogP contribution in [0.15, 0.2) is 24.3 Å². The highest BCUT2D eigenvalue weighted by atomic mass is 35.5. The Morgan fingerprint density at radius 2 is 1.88 bits per heavy atom. The smallest absolute Gasteiger partial charge is 0.241 e. The van der Waals surface area contributed by atoms with Gasteiger partial charge in [-0.15, -0.1) is 12.4 Å². The van der Waals surface area contributed by atoms with E-state index >= 15 is 0 Å². The lowest BCUT2D eigenvalue weighted by Crippen LogP contribution is -2.49. The van der Waals surface area contributed by atoms with Gasteiger partial charge in [-0.25, -0.2) is 4.39 Å². The van der Waals surface area contributed by atoms with Crippen molar-refractivity contribution in [3.8, 4) is 0 Å². The van der Waals surface area contributed by atoms with Crippen LogP contribution in [0.3, 0.4) is 0 Å². The van der Waals surface area contributed by atoms with E-state index in [1.54, 1.807) is 11.0 Å². The molecule has 1 fully saturated rings. The summed E-state index contributed by atoms with van der Waals surface area (Å²) in [5, 5.41) is 2.61. The average Bonchev–Trinajstić information content (AvgIpc) is 2.61. The summed E-state index contributed by atoms with van der Waals surface area (Å²) < 4.78 is 13.7. The van der Waals surface area contributed by atoms with Crippen LogP contribution in [0.25, 0.3) is 0 Å². The van der Waals surface area contributed by atoms with Gasteiger partial charge in [0.25, 0.3) is 0 Å². The molecule has 3 N–H and O–H groups in total. The quantitative estimate of drug-likeness (QED) is 0.787. The molecular formula is C19H29ClFN3O2. The molecule has 1 atom stereocenters. The van der Waals surface area contributed by atoms with E-state index in [1.165, 1.54) is 6.07 Å². The molecule has 1 saturated heterocycles. The van der Waals surface area contributed by atoms with Gasteiger partial charge in [-0.1, -0.05) is 32.0 Å². The third-order valence-corrected chi connectivity index (χ3v) is 4.87. The molecule has 7 heteroatoms. The normalized spacial score (nSPS) is 16.1. The topological polar surface area (TPSA) is 75.4 Å². The molecule has 0 aliphatic carbocycles. The number of rotatable bonds is 6. The number of nitrogens with one attached hydrogen (secondary N) is 1. The number of likely N-dealkylation sites (tertiary alicyclic amines) is 1. The molecule has 2 rings (SSSR count). The summed E-state index contributed by atoms with van der Waals surface area (Å²) >= 11 is 0. The summed E-state index contributed by atoms with van der Waals surface area (Å²) in [7, 11) is 0. The first-order chi connectivity index (χ1) is 11.9. The summed E-state index contributed by atoms with van der Waals surface area (Å²) in [4.78, 5) is 25.8. The highest BCUT2D eigenvalue weighted by Crippen LogP contribution is 2.22. The molecule has 1 aliphatic rings. The number of nitrogens with zero attached hydrogens (tertiary/aromatic N) is 1. The second-order valence-corrected chi connectivity index (χ2v) is 7.11. The minimum Gasteiger partial charge on any atom is -0.346 e. The Morgan fingerprint density at radius 3 is 2.46 bits per heavy atom. The predicted octanol–water partition coefficient (Wildman–Crippen LogP) is 2.13. The first kappa shape index (κ1) is 22.4. The molecule has 146 valence electrons. The fraction of sp³-hybridized carbons (Fsp3) is 0.579. The molecule has 0 aromatic heterocycles. The fourth-order valence-corrected chi connectivity index (χ4v) is 3.06. The van der Waals surface area contributed by atoms with Gasteiger partial charge in [0.05, 0.1) is 12.6 Å².